The Balaban J connectivity index is 1.85. The maximum atomic E-state index is 12.1. The van der Waals surface area contributed by atoms with Crippen molar-refractivity contribution in [2.75, 3.05) is 23.4 Å². The van der Waals surface area contributed by atoms with Crippen LogP contribution in [0.25, 0.3) is 0 Å². The minimum absolute atomic E-state index is 0.0369. The molecule has 1 saturated heterocycles. The molecular formula is C18H24N2O7S. The highest BCUT2D eigenvalue weighted by molar-refractivity contribution is 7.91. The molecule has 2 rings (SSSR count). The molecule has 1 aliphatic rings. The third-order valence-corrected chi connectivity index (χ3v) is 5.44. The summed E-state index contributed by atoms with van der Waals surface area (Å²) in [6.07, 6.45) is -0.315. The summed E-state index contributed by atoms with van der Waals surface area (Å²) in [6, 6.07) is 5.54. The predicted octanol–water partition coefficient (Wildman–Crippen LogP) is 1.49. The third-order valence-electron chi connectivity index (χ3n) is 3.68. The van der Waals surface area contributed by atoms with Crippen LogP contribution in [0.5, 0.6) is 0 Å². The van der Waals surface area contributed by atoms with Crippen molar-refractivity contribution in [1.29, 1.82) is 0 Å². The first-order valence-electron chi connectivity index (χ1n) is 8.70. The summed E-state index contributed by atoms with van der Waals surface area (Å²) in [5, 5.41) is 5.04. The van der Waals surface area contributed by atoms with Crippen LogP contribution in [0.2, 0.25) is 0 Å². The van der Waals surface area contributed by atoms with Crippen LogP contribution < -0.4 is 10.6 Å². The van der Waals surface area contributed by atoms with Gasteiger partial charge in [-0.1, -0.05) is 6.07 Å². The molecule has 0 bridgehead atoms. The van der Waals surface area contributed by atoms with E-state index in [4.69, 9.17) is 9.47 Å². The summed E-state index contributed by atoms with van der Waals surface area (Å²) in [4.78, 5) is 35.7. The zero-order chi connectivity index (χ0) is 20.9. The van der Waals surface area contributed by atoms with Gasteiger partial charge < -0.3 is 14.8 Å². The van der Waals surface area contributed by atoms with Crippen molar-refractivity contribution in [2.24, 2.45) is 0 Å². The van der Waals surface area contributed by atoms with Crippen LogP contribution >= 0.6 is 0 Å². The Morgan fingerprint density at radius 2 is 1.93 bits per heavy atom. The Labute approximate surface area is 163 Å². The van der Waals surface area contributed by atoms with Gasteiger partial charge in [-0.25, -0.2) is 18.0 Å². The van der Waals surface area contributed by atoms with Crippen LogP contribution in [0.1, 0.15) is 37.6 Å². The van der Waals surface area contributed by atoms with Crippen molar-refractivity contribution in [2.45, 2.75) is 38.8 Å². The van der Waals surface area contributed by atoms with E-state index in [2.05, 4.69) is 10.6 Å². The van der Waals surface area contributed by atoms with Crippen LogP contribution in [0.4, 0.5) is 10.5 Å². The zero-order valence-corrected chi connectivity index (χ0v) is 16.8. The number of sulfone groups is 1. The fourth-order valence-corrected chi connectivity index (χ4v) is 4.21. The van der Waals surface area contributed by atoms with Gasteiger partial charge in [0, 0.05) is 11.7 Å². The molecule has 0 radical (unpaired) electrons. The van der Waals surface area contributed by atoms with Crippen LogP contribution in [0.3, 0.4) is 0 Å². The molecule has 0 spiro atoms. The van der Waals surface area contributed by atoms with E-state index in [1.165, 1.54) is 12.1 Å². The Bertz CT molecular complexity index is 859. The first kappa shape index (κ1) is 21.7. The van der Waals surface area contributed by atoms with E-state index in [0.29, 0.717) is 12.1 Å². The second-order valence-corrected chi connectivity index (χ2v) is 9.68. The summed E-state index contributed by atoms with van der Waals surface area (Å²) in [5.41, 5.74) is -0.179. The number of anilines is 1. The SMILES string of the molecule is CC(C)(C)OC(=O)Nc1cccc(C(=O)OCC(=O)N[C@H]2CCS(=O)(=O)C2)c1. The van der Waals surface area contributed by atoms with Crippen molar-refractivity contribution < 1.29 is 32.3 Å². The number of benzene rings is 1. The first-order valence-corrected chi connectivity index (χ1v) is 10.5. The Hall–Kier alpha value is -2.62. The van der Waals surface area contributed by atoms with Crippen LogP contribution in [0, 0.1) is 0 Å². The molecule has 1 aromatic rings. The first-order chi connectivity index (χ1) is 12.9. The smallest absolute Gasteiger partial charge is 0.412 e. The lowest BCUT2D eigenvalue weighted by Crippen LogP contribution is -2.38. The quantitative estimate of drug-likeness (QED) is 0.701. The van der Waals surface area contributed by atoms with Gasteiger partial charge in [0.05, 0.1) is 17.1 Å². The molecule has 9 nitrogen and oxygen atoms in total. The summed E-state index contributed by atoms with van der Waals surface area (Å²) in [7, 11) is -3.11. The minimum Gasteiger partial charge on any atom is -0.452 e. The maximum absolute atomic E-state index is 12.1. The lowest BCUT2D eigenvalue weighted by atomic mass is 10.2. The van der Waals surface area contributed by atoms with E-state index in [1.54, 1.807) is 32.9 Å². The van der Waals surface area contributed by atoms with E-state index in [1.807, 2.05) is 0 Å². The summed E-state index contributed by atoms with van der Waals surface area (Å²) >= 11 is 0. The Morgan fingerprint density at radius 1 is 1.21 bits per heavy atom. The molecule has 154 valence electrons. The fourth-order valence-electron chi connectivity index (χ4n) is 2.54. The second-order valence-electron chi connectivity index (χ2n) is 7.45. The van der Waals surface area contributed by atoms with E-state index < -0.39 is 46.1 Å². The molecule has 1 aliphatic heterocycles. The topological polar surface area (TPSA) is 128 Å². The third kappa shape index (κ3) is 7.18. The van der Waals surface area contributed by atoms with Gasteiger partial charge in [-0.15, -0.1) is 0 Å². The zero-order valence-electron chi connectivity index (χ0n) is 16.0. The number of carbonyl (C=O) groups excluding carboxylic acids is 3. The molecule has 0 saturated carbocycles. The molecule has 1 atom stereocenters. The van der Waals surface area contributed by atoms with Gasteiger partial charge in [-0.2, -0.15) is 0 Å². The van der Waals surface area contributed by atoms with Gasteiger partial charge >= 0.3 is 12.1 Å². The molecule has 1 fully saturated rings. The van der Waals surface area contributed by atoms with E-state index in [-0.39, 0.29) is 17.1 Å². The van der Waals surface area contributed by atoms with Crippen molar-refractivity contribution in [3.8, 4) is 0 Å². The number of hydrogen-bond acceptors (Lipinski definition) is 7. The maximum Gasteiger partial charge on any atom is 0.412 e. The van der Waals surface area contributed by atoms with Gasteiger partial charge in [0.1, 0.15) is 5.60 Å². The van der Waals surface area contributed by atoms with Gasteiger partial charge in [0.25, 0.3) is 5.91 Å². The van der Waals surface area contributed by atoms with Gasteiger partial charge in [-0.05, 0) is 45.4 Å². The molecule has 2 amide bonds. The molecule has 28 heavy (non-hydrogen) atoms. The van der Waals surface area contributed by atoms with Crippen LogP contribution in [-0.4, -0.2) is 56.1 Å². The minimum atomic E-state index is -3.11. The van der Waals surface area contributed by atoms with Crippen molar-refractivity contribution in [3.05, 3.63) is 29.8 Å². The molecule has 1 heterocycles. The van der Waals surface area contributed by atoms with Gasteiger partial charge in [0.15, 0.2) is 16.4 Å². The van der Waals surface area contributed by atoms with Crippen molar-refractivity contribution >= 4 is 33.5 Å². The standard InChI is InChI=1S/C18H24N2O7S/c1-18(2,3)27-17(23)20-13-6-4-5-12(9-13)16(22)26-10-15(21)19-14-7-8-28(24,25)11-14/h4-6,9,14H,7-8,10-11H2,1-3H3,(H,19,21)(H,20,23)/t14-/m0/s1. The van der Waals surface area contributed by atoms with Gasteiger partial charge in [-0.3, -0.25) is 10.1 Å². The number of amides is 2. The average molecular weight is 412 g/mol. The highest BCUT2D eigenvalue weighted by atomic mass is 32.2. The lowest BCUT2D eigenvalue weighted by molar-refractivity contribution is -0.124. The number of carbonyl (C=O) groups is 3. The number of esters is 1. The van der Waals surface area contributed by atoms with Crippen molar-refractivity contribution in [1.82, 2.24) is 5.32 Å². The monoisotopic (exact) mass is 412 g/mol. The van der Waals surface area contributed by atoms with E-state index >= 15 is 0 Å². The van der Waals surface area contributed by atoms with Crippen LogP contribution in [-0.2, 0) is 24.1 Å². The molecular weight excluding hydrogens is 388 g/mol. The normalized spacial score (nSPS) is 18.2. The number of ether oxygens (including phenoxy) is 2. The lowest BCUT2D eigenvalue weighted by Gasteiger charge is -2.19. The summed E-state index contributed by atoms with van der Waals surface area (Å²) < 4.78 is 32.9. The molecule has 0 unspecified atom stereocenters. The Kier molecular flexibility index (Phi) is 6.65. The highest BCUT2D eigenvalue weighted by Crippen LogP contribution is 2.15. The summed E-state index contributed by atoms with van der Waals surface area (Å²) in [5.74, 6) is -1.39. The van der Waals surface area contributed by atoms with Crippen molar-refractivity contribution in [3.63, 3.8) is 0 Å². The molecule has 10 heteroatoms. The largest absolute Gasteiger partial charge is 0.452 e. The van der Waals surface area contributed by atoms with E-state index in [0.717, 1.165) is 0 Å². The fraction of sp³-hybridized carbons (Fsp3) is 0.500. The predicted molar refractivity (Wildman–Crippen MR) is 102 cm³/mol. The highest BCUT2D eigenvalue weighted by Gasteiger charge is 2.29. The Morgan fingerprint density at radius 3 is 2.54 bits per heavy atom. The van der Waals surface area contributed by atoms with E-state index in [9.17, 15) is 22.8 Å². The molecule has 0 aromatic heterocycles. The molecule has 0 aliphatic carbocycles. The number of nitrogens with one attached hydrogen (secondary N) is 2. The number of hydrogen-bond donors (Lipinski definition) is 2. The molecule has 2 N–H and O–H groups in total. The summed E-state index contributed by atoms with van der Waals surface area (Å²) in [6.45, 7) is 4.66. The van der Waals surface area contributed by atoms with Crippen LogP contribution in [0.15, 0.2) is 24.3 Å². The second kappa shape index (κ2) is 8.59. The number of rotatable bonds is 5. The average Bonchev–Trinajstić information content (AvgIpc) is 2.89. The van der Waals surface area contributed by atoms with Gasteiger partial charge in [0.2, 0.25) is 0 Å². The molecule has 1 aromatic carbocycles.